The molecule has 0 spiro atoms. The highest BCUT2D eigenvalue weighted by molar-refractivity contribution is 7.99. The van der Waals surface area contributed by atoms with E-state index in [-0.39, 0.29) is 0 Å². The van der Waals surface area contributed by atoms with Crippen LogP contribution >= 0.6 is 11.8 Å². The van der Waals surface area contributed by atoms with Crippen LogP contribution in [0.2, 0.25) is 0 Å². The summed E-state index contributed by atoms with van der Waals surface area (Å²) in [5.74, 6) is 1.30. The van der Waals surface area contributed by atoms with Crippen LogP contribution in [0.25, 0.3) is 0 Å². The van der Waals surface area contributed by atoms with Crippen molar-refractivity contribution in [1.82, 2.24) is 9.80 Å². The van der Waals surface area contributed by atoms with Gasteiger partial charge in [-0.05, 0) is 19.8 Å². The third-order valence-corrected chi connectivity index (χ3v) is 5.91. The van der Waals surface area contributed by atoms with E-state index in [4.69, 9.17) is 5.11 Å². The Hall–Kier alpha value is 0.230. The summed E-state index contributed by atoms with van der Waals surface area (Å²) in [6.07, 6.45) is 7.27. The topological polar surface area (TPSA) is 26.7 Å². The van der Waals surface area contributed by atoms with Crippen molar-refractivity contribution in [2.75, 3.05) is 45.1 Å². The van der Waals surface area contributed by atoms with Gasteiger partial charge >= 0.3 is 0 Å². The van der Waals surface area contributed by atoms with E-state index in [9.17, 15) is 0 Å². The zero-order chi connectivity index (χ0) is 13.5. The molecular formula is C15H30N2OS. The van der Waals surface area contributed by atoms with Crippen molar-refractivity contribution >= 4 is 11.8 Å². The summed E-state index contributed by atoms with van der Waals surface area (Å²) in [6, 6.07) is 0.598. The number of hydrogen-bond acceptors (Lipinski definition) is 4. The number of hydrogen-bond donors (Lipinski definition) is 1. The summed E-state index contributed by atoms with van der Waals surface area (Å²) < 4.78 is 0. The summed E-state index contributed by atoms with van der Waals surface area (Å²) in [4.78, 5) is 5.01. The van der Waals surface area contributed by atoms with E-state index in [0.29, 0.717) is 12.6 Å². The van der Waals surface area contributed by atoms with E-state index in [1.165, 1.54) is 57.5 Å². The normalized spacial score (nSPS) is 27.8. The smallest absolute Gasteiger partial charge is 0.0558 e. The summed E-state index contributed by atoms with van der Waals surface area (Å²) >= 11 is 2.21. The molecule has 0 bridgehead atoms. The minimum absolute atomic E-state index is 0.294. The van der Waals surface area contributed by atoms with Gasteiger partial charge in [-0.25, -0.2) is 0 Å². The van der Waals surface area contributed by atoms with E-state index in [0.717, 1.165) is 18.3 Å². The lowest BCUT2D eigenvalue weighted by atomic mass is 10.0. The number of aliphatic hydroxyl groups is 1. The number of β-amino-alcohol motifs (C(OH)–C–C–N with tert-alkyl or cyclic N) is 1. The maximum Gasteiger partial charge on any atom is 0.0558 e. The first-order valence-electron chi connectivity index (χ1n) is 7.98. The minimum Gasteiger partial charge on any atom is -0.395 e. The molecular weight excluding hydrogens is 256 g/mol. The van der Waals surface area contributed by atoms with Crippen molar-refractivity contribution in [2.45, 2.75) is 50.3 Å². The van der Waals surface area contributed by atoms with E-state index < -0.39 is 0 Å². The molecule has 19 heavy (non-hydrogen) atoms. The molecule has 0 amide bonds. The quantitative estimate of drug-likeness (QED) is 0.808. The first kappa shape index (κ1) is 15.6. The van der Waals surface area contributed by atoms with Crippen molar-refractivity contribution in [2.24, 2.45) is 0 Å². The van der Waals surface area contributed by atoms with Gasteiger partial charge in [0.2, 0.25) is 0 Å². The van der Waals surface area contributed by atoms with Gasteiger partial charge in [0.05, 0.1) is 6.61 Å². The fourth-order valence-electron chi connectivity index (χ4n) is 3.31. The number of rotatable bonds is 6. The van der Waals surface area contributed by atoms with Gasteiger partial charge in [0.1, 0.15) is 0 Å². The average molecular weight is 286 g/mol. The van der Waals surface area contributed by atoms with E-state index >= 15 is 0 Å². The van der Waals surface area contributed by atoms with Gasteiger partial charge in [0, 0.05) is 49.8 Å². The Labute approximate surface area is 122 Å². The molecule has 1 saturated heterocycles. The lowest BCUT2D eigenvalue weighted by Crippen LogP contribution is -2.52. The van der Waals surface area contributed by atoms with Crippen molar-refractivity contribution in [3.05, 3.63) is 0 Å². The van der Waals surface area contributed by atoms with Crippen molar-refractivity contribution in [1.29, 1.82) is 0 Å². The first-order chi connectivity index (χ1) is 9.29. The molecule has 2 aliphatic rings. The summed E-state index contributed by atoms with van der Waals surface area (Å²) in [6.45, 7) is 8.14. The van der Waals surface area contributed by atoms with Gasteiger partial charge in [0.25, 0.3) is 0 Å². The molecule has 1 aliphatic carbocycles. The molecule has 0 aromatic carbocycles. The van der Waals surface area contributed by atoms with Crippen LogP contribution < -0.4 is 0 Å². The monoisotopic (exact) mass is 286 g/mol. The Morgan fingerprint density at radius 1 is 1.11 bits per heavy atom. The van der Waals surface area contributed by atoms with Crippen LogP contribution in [0.15, 0.2) is 0 Å². The van der Waals surface area contributed by atoms with Crippen LogP contribution in [0.4, 0.5) is 0 Å². The second-order valence-corrected chi connectivity index (χ2v) is 7.45. The van der Waals surface area contributed by atoms with Gasteiger partial charge in [-0.1, -0.05) is 19.3 Å². The third kappa shape index (κ3) is 5.25. The molecule has 4 heteroatoms. The minimum atomic E-state index is 0.294. The maximum atomic E-state index is 9.03. The van der Waals surface area contributed by atoms with Gasteiger partial charge in [-0.3, -0.25) is 9.80 Å². The highest BCUT2D eigenvalue weighted by atomic mass is 32.2. The van der Waals surface area contributed by atoms with Crippen LogP contribution in [0.5, 0.6) is 0 Å². The zero-order valence-electron chi connectivity index (χ0n) is 12.4. The summed E-state index contributed by atoms with van der Waals surface area (Å²) in [7, 11) is 0. The highest BCUT2D eigenvalue weighted by Gasteiger charge is 2.23. The predicted molar refractivity (Wildman–Crippen MR) is 83.9 cm³/mol. The molecule has 112 valence electrons. The number of aliphatic hydroxyl groups excluding tert-OH is 1. The SMILES string of the molecule is CC1CN(CCSC2CCCCC2)CCN1CCO. The molecule has 0 aromatic rings. The van der Waals surface area contributed by atoms with E-state index in [1.807, 2.05) is 0 Å². The average Bonchev–Trinajstić information content (AvgIpc) is 2.43. The van der Waals surface area contributed by atoms with E-state index in [2.05, 4.69) is 28.5 Å². The molecule has 3 nitrogen and oxygen atoms in total. The lowest BCUT2D eigenvalue weighted by Gasteiger charge is -2.39. The molecule has 2 fully saturated rings. The van der Waals surface area contributed by atoms with Gasteiger partial charge in [-0.15, -0.1) is 0 Å². The maximum absolute atomic E-state index is 9.03. The molecule has 1 atom stereocenters. The first-order valence-corrected chi connectivity index (χ1v) is 9.03. The number of piperazine rings is 1. The third-order valence-electron chi connectivity index (χ3n) is 4.55. The van der Waals surface area contributed by atoms with Crippen LogP contribution in [0.3, 0.4) is 0 Å². The molecule has 0 radical (unpaired) electrons. The van der Waals surface area contributed by atoms with Crippen molar-refractivity contribution in [3.8, 4) is 0 Å². The number of thioether (sulfide) groups is 1. The Balaban J connectivity index is 1.59. The van der Waals surface area contributed by atoms with Gasteiger partial charge in [-0.2, -0.15) is 11.8 Å². The predicted octanol–water partition coefficient (Wildman–Crippen LogP) is 2.05. The Kier molecular flexibility index (Phi) is 6.99. The van der Waals surface area contributed by atoms with Crippen LogP contribution in [0, 0.1) is 0 Å². The van der Waals surface area contributed by atoms with Crippen molar-refractivity contribution in [3.63, 3.8) is 0 Å². The highest BCUT2D eigenvalue weighted by Crippen LogP contribution is 2.28. The fourth-order valence-corrected chi connectivity index (χ4v) is 4.68. The molecule has 1 aliphatic heterocycles. The summed E-state index contributed by atoms with van der Waals surface area (Å²) in [5, 5.41) is 9.98. The Morgan fingerprint density at radius 2 is 1.89 bits per heavy atom. The molecule has 2 rings (SSSR count). The van der Waals surface area contributed by atoms with Crippen LogP contribution in [0.1, 0.15) is 39.0 Å². The fraction of sp³-hybridized carbons (Fsp3) is 1.00. The van der Waals surface area contributed by atoms with E-state index in [1.54, 1.807) is 0 Å². The zero-order valence-corrected chi connectivity index (χ0v) is 13.2. The number of nitrogens with zero attached hydrogens (tertiary/aromatic N) is 2. The van der Waals surface area contributed by atoms with Gasteiger partial charge < -0.3 is 5.11 Å². The second-order valence-electron chi connectivity index (χ2n) is 6.04. The second kappa shape index (κ2) is 8.50. The van der Waals surface area contributed by atoms with Crippen molar-refractivity contribution < 1.29 is 5.11 Å². The molecule has 1 heterocycles. The molecule has 1 N–H and O–H groups in total. The largest absolute Gasteiger partial charge is 0.395 e. The van der Waals surface area contributed by atoms with Crippen LogP contribution in [-0.2, 0) is 0 Å². The standard InChI is InChI=1S/C15H30N2OS/c1-14-13-16(7-8-17(14)9-11-18)10-12-19-15-5-3-2-4-6-15/h14-15,18H,2-13H2,1H3. The molecule has 1 unspecified atom stereocenters. The summed E-state index contributed by atoms with van der Waals surface area (Å²) in [5.41, 5.74) is 0. The Bertz CT molecular complexity index is 246. The Morgan fingerprint density at radius 3 is 2.58 bits per heavy atom. The van der Waals surface area contributed by atoms with Crippen LogP contribution in [-0.4, -0.2) is 71.3 Å². The van der Waals surface area contributed by atoms with Gasteiger partial charge in [0.15, 0.2) is 0 Å². The lowest BCUT2D eigenvalue weighted by molar-refractivity contribution is 0.0720. The molecule has 1 saturated carbocycles. The molecule has 0 aromatic heterocycles.